The van der Waals surface area contributed by atoms with Crippen LogP contribution in [-0.2, 0) is 6.42 Å². The predicted octanol–water partition coefficient (Wildman–Crippen LogP) is 5.76. The molecule has 0 radical (unpaired) electrons. The molecule has 0 spiro atoms. The maximum absolute atomic E-state index is 6.26. The van der Waals surface area contributed by atoms with Crippen LogP contribution >= 0.6 is 55.1 Å². The lowest BCUT2D eigenvalue weighted by molar-refractivity contribution is 0.718. The molecule has 0 saturated heterocycles. The number of rotatable bonds is 3. The molecule has 0 fully saturated rings. The summed E-state index contributed by atoms with van der Waals surface area (Å²) in [6, 6.07) is 11.4. The summed E-state index contributed by atoms with van der Waals surface area (Å²) >= 11 is 19.2. The van der Waals surface area contributed by atoms with E-state index in [9.17, 15) is 0 Å². The van der Waals surface area contributed by atoms with Gasteiger partial charge in [-0.1, -0.05) is 67.2 Å². The monoisotopic (exact) mass is 421 g/mol. The van der Waals surface area contributed by atoms with Crippen LogP contribution in [0.15, 0.2) is 45.3 Å². The van der Waals surface area contributed by atoms with Crippen molar-refractivity contribution in [2.24, 2.45) is 5.73 Å². The molecule has 2 rings (SSSR count). The van der Waals surface area contributed by atoms with Crippen molar-refractivity contribution < 1.29 is 0 Å². The van der Waals surface area contributed by atoms with Crippen molar-refractivity contribution in [3.63, 3.8) is 0 Å². The van der Waals surface area contributed by atoms with E-state index in [2.05, 4.69) is 31.9 Å². The summed E-state index contributed by atoms with van der Waals surface area (Å²) in [5, 5.41) is 1.13. The molecule has 0 aliphatic carbocycles. The number of hydrogen-bond acceptors (Lipinski definition) is 1. The van der Waals surface area contributed by atoms with Crippen molar-refractivity contribution in [3.05, 3.63) is 66.5 Å². The van der Waals surface area contributed by atoms with Crippen LogP contribution in [-0.4, -0.2) is 0 Å². The Kier molecular flexibility index (Phi) is 5.32. The minimum absolute atomic E-state index is 0.150. The maximum Gasteiger partial charge on any atom is 0.0624 e. The molecule has 1 unspecified atom stereocenters. The largest absolute Gasteiger partial charge is 0.324 e. The van der Waals surface area contributed by atoms with Gasteiger partial charge in [-0.05, 0) is 41.8 Å². The second-order valence-electron chi connectivity index (χ2n) is 4.19. The van der Waals surface area contributed by atoms with Crippen LogP contribution < -0.4 is 5.73 Å². The Hall–Kier alpha value is -0.0600. The fourth-order valence-electron chi connectivity index (χ4n) is 1.85. The number of hydrogen-bond donors (Lipinski definition) is 1. The Bertz CT molecular complexity index is 602. The molecule has 0 aliphatic heterocycles. The van der Waals surface area contributed by atoms with Crippen LogP contribution in [0.1, 0.15) is 17.2 Å². The summed E-state index contributed by atoms with van der Waals surface area (Å²) in [5.74, 6) is 0. The van der Waals surface area contributed by atoms with Gasteiger partial charge in [0, 0.05) is 15.0 Å². The smallest absolute Gasteiger partial charge is 0.0624 e. The van der Waals surface area contributed by atoms with E-state index in [0.717, 1.165) is 20.1 Å². The van der Waals surface area contributed by atoms with Gasteiger partial charge < -0.3 is 5.73 Å². The molecular formula is C14H11Br2Cl2N. The summed E-state index contributed by atoms with van der Waals surface area (Å²) in [5.41, 5.74) is 8.25. The van der Waals surface area contributed by atoms with Gasteiger partial charge in [-0.25, -0.2) is 0 Å². The van der Waals surface area contributed by atoms with Crippen LogP contribution in [0, 0.1) is 0 Å². The minimum Gasteiger partial charge on any atom is -0.324 e. The molecule has 0 heterocycles. The van der Waals surface area contributed by atoms with E-state index in [1.54, 1.807) is 6.07 Å². The van der Waals surface area contributed by atoms with E-state index in [0.29, 0.717) is 16.5 Å². The average molecular weight is 424 g/mol. The molecule has 0 bridgehead atoms. The second-order valence-corrected chi connectivity index (χ2v) is 6.74. The standard InChI is InChI=1S/C14H11Br2Cl2N/c15-9-4-5-11(16)10(7-9)13(19)6-8-2-1-3-12(17)14(8)18/h1-5,7,13H,6,19H2. The quantitative estimate of drug-likeness (QED) is 0.667. The van der Waals surface area contributed by atoms with E-state index in [-0.39, 0.29) is 6.04 Å². The van der Waals surface area contributed by atoms with Crippen molar-refractivity contribution in [2.75, 3.05) is 0 Å². The molecule has 2 aromatic rings. The van der Waals surface area contributed by atoms with E-state index in [1.807, 2.05) is 30.3 Å². The molecule has 2 aromatic carbocycles. The molecule has 1 nitrogen and oxygen atoms in total. The van der Waals surface area contributed by atoms with Gasteiger partial charge in [-0.3, -0.25) is 0 Å². The molecule has 0 aromatic heterocycles. The van der Waals surface area contributed by atoms with Crippen molar-refractivity contribution in [2.45, 2.75) is 12.5 Å². The van der Waals surface area contributed by atoms with Crippen LogP contribution in [0.2, 0.25) is 10.0 Å². The van der Waals surface area contributed by atoms with Crippen molar-refractivity contribution in [1.82, 2.24) is 0 Å². The number of benzene rings is 2. The summed E-state index contributed by atoms with van der Waals surface area (Å²) < 4.78 is 1.99. The van der Waals surface area contributed by atoms with Crippen LogP contribution in [0.4, 0.5) is 0 Å². The summed E-state index contributed by atoms with van der Waals surface area (Å²) in [6.45, 7) is 0. The molecule has 0 aliphatic rings. The van der Waals surface area contributed by atoms with Crippen LogP contribution in [0.5, 0.6) is 0 Å². The first-order valence-electron chi connectivity index (χ1n) is 5.62. The molecule has 100 valence electrons. The number of nitrogens with two attached hydrogens (primary N) is 1. The zero-order valence-electron chi connectivity index (χ0n) is 9.84. The van der Waals surface area contributed by atoms with Gasteiger partial charge in [-0.15, -0.1) is 0 Å². The van der Waals surface area contributed by atoms with Crippen LogP contribution in [0.3, 0.4) is 0 Å². The fraction of sp³-hybridized carbons (Fsp3) is 0.143. The van der Waals surface area contributed by atoms with E-state index in [1.165, 1.54) is 0 Å². The molecule has 19 heavy (non-hydrogen) atoms. The fourth-order valence-corrected chi connectivity index (χ4v) is 3.17. The van der Waals surface area contributed by atoms with Gasteiger partial charge in [0.1, 0.15) is 0 Å². The van der Waals surface area contributed by atoms with Gasteiger partial charge in [0.15, 0.2) is 0 Å². The second kappa shape index (κ2) is 6.59. The molecule has 5 heteroatoms. The summed E-state index contributed by atoms with van der Waals surface area (Å²) in [7, 11) is 0. The highest BCUT2D eigenvalue weighted by Crippen LogP contribution is 2.31. The van der Waals surface area contributed by atoms with Crippen LogP contribution in [0.25, 0.3) is 0 Å². The zero-order chi connectivity index (χ0) is 14.0. The minimum atomic E-state index is -0.150. The maximum atomic E-state index is 6.26. The highest BCUT2D eigenvalue weighted by Gasteiger charge is 2.14. The molecular weight excluding hydrogens is 413 g/mol. The van der Waals surface area contributed by atoms with E-state index >= 15 is 0 Å². The Morgan fingerprint density at radius 3 is 2.58 bits per heavy atom. The predicted molar refractivity (Wildman–Crippen MR) is 88.9 cm³/mol. The van der Waals surface area contributed by atoms with Gasteiger partial charge >= 0.3 is 0 Å². The van der Waals surface area contributed by atoms with Crippen molar-refractivity contribution in [3.8, 4) is 0 Å². The third-order valence-corrected chi connectivity index (χ3v) is 4.90. The normalized spacial score (nSPS) is 12.5. The Morgan fingerprint density at radius 1 is 1.11 bits per heavy atom. The molecule has 0 amide bonds. The summed E-state index contributed by atoms with van der Waals surface area (Å²) in [6.07, 6.45) is 0.633. The molecule has 2 N–H and O–H groups in total. The number of halogens is 4. The van der Waals surface area contributed by atoms with Gasteiger partial charge in [-0.2, -0.15) is 0 Å². The Balaban J connectivity index is 2.28. The lowest BCUT2D eigenvalue weighted by atomic mass is 10.00. The summed E-state index contributed by atoms with van der Waals surface area (Å²) in [4.78, 5) is 0. The Labute approximate surface area is 139 Å². The molecule has 1 atom stereocenters. The lowest BCUT2D eigenvalue weighted by Crippen LogP contribution is -2.14. The third kappa shape index (κ3) is 3.73. The highest BCUT2D eigenvalue weighted by atomic mass is 79.9. The zero-order valence-corrected chi connectivity index (χ0v) is 14.5. The first kappa shape index (κ1) is 15.3. The first-order valence-corrected chi connectivity index (χ1v) is 7.96. The van der Waals surface area contributed by atoms with Gasteiger partial charge in [0.25, 0.3) is 0 Å². The van der Waals surface area contributed by atoms with Crippen molar-refractivity contribution >= 4 is 55.1 Å². The average Bonchev–Trinajstić information content (AvgIpc) is 2.38. The molecule has 0 saturated carbocycles. The van der Waals surface area contributed by atoms with Gasteiger partial charge in [0.2, 0.25) is 0 Å². The topological polar surface area (TPSA) is 26.0 Å². The van der Waals surface area contributed by atoms with Gasteiger partial charge in [0.05, 0.1) is 10.0 Å². The third-order valence-electron chi connectivity index (χ3n) is 2.83. The first-order chi connectivity index (χ1) is 8.99. The lowest BCUT2D eigenvalue weighted by Gasteiger charge is -2.15. The highest BCUT2D eigenvalue weighted by molar-refractivity contribution is 9.11. The van der Waals surface area contributed by atoms with Crippen molar-refractivity contribution in [1.29, 1.82) is 0 Å². The SMILES string of the molecule is NC(Cc1cccc(Cl)c1Cl)c1cc(Br)ccc1Br. The van der Waals surface area contributed by atoms with E-state index in [4.69, 9.17) is 28.9 Å². The van der Waals surface area contributed by atoms with E-state index < -0.39 is 0 Å². The Morgan fingerprint density at radius 2 is 1.84 bits per heavy atom.